The second-order valence-electron chi connectivity index (χ2n) is 7.98. The Morgan fingerprint density at radius 3 is 2.55 bits per heavy atom. The predicted molar refractivity (Wildman–Crippen MR) is 109 cm³/mol. The molecule has 0 bridgehead atoms. The van der Waals surface area contributed by atoms with Gasteiger partial charge in [-0.1, -0.05) is 44.7 Å². The lowest BCUT2D eigenvalue weighted by Gasteiger charge is -2.27. The first-order chi connectivity index (χ1) is 14.0. The van der Waals surface area contributed by atoms with Crippen LogP contribution in [0.4, 0.5) is 4.79 Å². The summed E-state index contributed by atoms with van der Waals surface area (Å²) in [6.45, 7) is 3.10. The normalized spacial score (nSPS) is 19.2. The Hall–Kier alpha value is -2.74. The molecular weight excluding hydrogens is 370 g/mol. The maximum atomic E-state index is 13.1. The first-order valence-electron chi connectivity index (χ1n) is 10.4. The third-order valence-electron chi connectivity index (χ3n) is 6.03. The molecule has 1 saturated carbocycles. The van der Waals surface area contributed by atoms with E-state index in [1.165, 1.54) is 4.90 Å². The highest BCUT2D eigenvalue weighted by Gasteiger charge is 2.50. The minimum Gasteiger partial charge on any atom is -0.323 e. The largest absolute Gasteiger partial charge is 0.326 e. The summed E-state index contributed by atoms with van der Waals surface area (Å²) in [6, 6.07) is 6.86. The fraction of sp³-hybridized carbons (Fsp3) is 0.524. The summed E-state index contributed by atoms with van der Waals surface area (Å²) in [7, 11) is 0. The predicted octanol–water partition coefficient (Wildman–Crippen LogP) is 2.35. The lowest BCUT2D eigenvalue weighted by molar-refractivity contribution is -0.133. The first-order valence-corrected chi connectivity index (χ1v) is 10.4. The minimum absolute atomic E-state index is 0.122. The van der Waals surface area contributed by atoms with Gasteiger partial charge in [-0.25, -0.2) is 14.7 Å². The summed E-state index contributed by atoms with van der Waals surface area (Å²) in [6.07, 6.45) is 5.54. The summed E-state index contributed by atoms with van der Waals surface area (Å²) in [5.41, 5.74) is -0.286. The van der Waals surface area contributed by atoms with Crippen LogP contribution in [-0.4, -0.2) is 50.5 Å². The fourth-order valence-electron chi connectivity index (χ4n) is 4.36. The van der Waals surface area contributed by atoms with E-state index in [-0.39, 0.29) is 24.2 Å². The second-order valence-corrected chi connectivity index (χ2v) is 7.98. The van der Waals surface area contributed by atoms with Crippen molar-refractivity contribution in [3.05, 3.63) is 40.4 Å². The van der Waals surface area contributed by atoms with Crippen molar-refractivity contribution in [3.8, 4) is 0 Å². The third kappa shape index (κ3) is 3.76. The molecule has 29 heavy (non-hydrogen) atoms. The van der Waals surface area contributed by atoms with E-state index in [0.29, 0.717) is 42.7 Å². The van der Waals surface area contributed by atoms with Crippen LogP contribution in [0.2, 0.25) is 0 Å². The molecule has 1 aromatic heterocycles. The minimum atomic E-state index is -0.734. The van der Waals surface area contributed by atoms with Crippen LogP contribution in [-0.2, 0) is 11.3 Å². The average Bonchev–Trinajstić information content (AvgIpc) is 2.87. The lowest BCUT2D eigenvalue weighted by Crippen LogP contribution is -2.47. The molecule has 3 amide bonds. The van der Waals surface area contributed by atoms with Crippen LogP contribution < -0.4 is 10.9 Å². The van der Waals surface area contributed by atoms with Crippen molar-refractivity contribution >= 4 is 22.8 Å². The molecular formula is C21H27N5O3. The molecule has 1 aliphatic carbocycles. The summed E-state index contributed by atoms with van der Waals surface area (Å²) in [4.78, 5) is 48.6. The zero-order valence-electron chi connectivity index (χ0n) is 16.7. The number of aromatic nitrogens is 2. The summed E-state index contributed by atoms with van der Waals surface area (Å²) < 4.78 is 0. The van der Waals surface area contributed by atoms with Crippen LogP contribution in [0.3, 0.4) is 0 Å². The van der Waals surface area contributed by atoms with Crippen molar-refractivity contribution in [3.63, 3.8) is 0 Å². The third-order valence-corrected chi connectivity index (χ3v) is 6.03. The molecule has 2 aromatic rings. The highest BCUT2D eigenvalue weighted by Crippen LogP contribution is 2.32. The Morgan fingerprint density at radius 2 is 1.83 bits per heavy atom. The molecule has 2 aliphatic rings. The Balaban J connectivity index is 1.51. The van der Waals surface area contributed by atoms with Crippen molar-refractivity contribution < 1.29 is 9.59 Å². The van der Waals surface area contributed by atoms with Crippen molar-refractivity contribution in [1.29, 1.82) is 0 Å². The molecule has 1 aromatic carbocycles. The van der Waals surface area contributed by atoms with Crippen molar-refractivity contribution in [2.24, 2.45) is 0 Å². The van der Waals surface area contributed by atoms with Crippen LogP contribution in [0, 0.1) is 0 Å². The quantitative estimate of drug-likeness (QED) is 0.755. The van der Waals surface area contributed by atoms with E-state index in [1.807, 2.05) is 17.9 Å². The standard InChI is InChI=1S/C21H27N5O3/c1-2-25(13-17-22-16-10-6-5-9-15(16)18(27)23-17)14-26-19(28)21(24-20(26)29)11-7-3-4-8-12-21/h5-6,9-10H,2-4,7-8,11-14H2,1H3,(H,24,29)(H,22,23,27). The van der Waals surface area contributed by atoms with Crippen molar-refractivity contribution in [2.45, 2.75) is 57.5 Å². The summed E-state index contributed by atoms with van der Waals surface area (Å²) in [5.74, 6) is 0.398. The number of benzene rings is 1. The molecule has 2 fully saturated rings. The van der Waals surface area contributed by atoms with E-state index >= 15 is 0 Å². The number of nitrogens with one attached hydrogen (secondary N) is 2. The maximum absolute atomic E-state index is 13.1. The number of urea groups is 1. The zero-order chi connectivity index (χ0) is 20.4. The smallest absolute Gasteiger partial charge is 0.323 e. The number of aromatic amines is 1. The molecule has 8 nitrogen and oxygen atoms in total. The molecule has 0 radical (unpaired) electrons. The summed E-state index contributed by atoms with van der Waals surface area (Å²) in [5, 5.41) is 3.52. The fourth-order valence-corrected chi connectivity index (χ4v) is 4.36. The maximum Gasteiger partial charge on any atom is 0.326 e. The van der Waals surface area contributed by atoms with Crippen LogP contribution in [0.1, 0.15) is 51.3 Å². The number of rotatable bonds is 5. The number of amides is 3. The van der Waals surface area contributed by atoms with Gasteiger partial charge in [0.25, 0.3) is 11.5 Å². The lowest BCUT2D eigenvalue weighted by atomic mass is 9.90. The van der Waals surface area contributed by atoms with Crippen LogP contribution in [0.25, 0.3) is 10.9 Å². The Morgan fingerprint density at radius 1 is 1.10 bits per heavy atom. The van der Waals surface area contributed by atoms with Crippen LogP contribution >= 0.6 is 0 Å². The van der Waals surface area contributed by atoms with Gasteiger partial charge in [-0.15, -0.1) is 0 Å². The highest BCUT2D eigenvalue weighted by atomic mass is 16.2. The Labute approximate surface area is 169 Å². The van der Waals surface area contributed by atoms with E-state index in [1.54, 1.807) is 18.2 Å². The number of carbonyl (C=O) groups excluding carboxylic acids is 2. The van der Waals surface area contributed by atoms with E-state index in [9.17, 15) is 14.4 Å². The van der Waals surface area contributed by atoms with Gasteiger partial charge in [0.2, 0.25) is 0 Å². The first kappa shape index (κ1) is 19.6. The molecule has 154 valence electrons. The van der Waals surface area contributed by atoms with Gasteiger partial charge in [0.05, 0.1) is 24.1 Å². The SMILES string of the molecule is CCN(Cc1nc2ccccc2c(=O)[nH]1)CN1C(=O)NC2(CCCCCC2)C1=O. The van der Waals surface area contributed by atoms with Gasteiger partial charge in [0.1, 0.15) is 11.4 Å². The molecule has 8 heteroatoms. The zero-order valence-corrected chi connectivity index (χ0v) is 16.7. The molecule has 1 spiro atoms. The van der Waals surface area contributed by atoms with Gasteiger partial charge in [-0.3, -0.25) is 14.5 Å². The number of H-pyrrole nitrogens is 1. The van der Waals surface area contributed by atoms with E-state index in [0.717, 1.165) is 25.7 Å². The van der Waals surface area contributed by atoms with Crippen LogP contribution in [0.5, 0.6) is 0 Å². The topological polar surface area (TPSA) is 98.4 Å². The van der Waals surface area contributed by atoms with Gasteiger partial charge in [0.15, 0.2) is 0 Å². The number of hydrogen-bond acceptors (Lipinski definition) is 5. The van der Waals surface area contributed by atoms with Gasteiger partial charge < -0.3 is 10.3 Å². The number of carbonyl (C=O) groups is 2. The van der Waals surface area contributed by atoms with Gasteiger partial charge in [-0.2, -0.15) is 0 Å². The van der Waals surface area contributed by atoms with Crippen LogP contribution in [0.15, 0.2) is 29.1 Å². The number of para-hydroxylation sites is 1. The van der Waals surface area contributed by atoms with E-state index < -0.39 is 5.54 Å². The van der Waals surface area contributed by atoms with Gasteiger partial charge >= 0.3 is 6.03 Å². The molecule has 1 aliphatic heterocycles. The van der Waals surface area contributed by atoms with Gasteiger partial charge in [-0.05, 0) is 31.5 Å². The Bertz CT molecular complexity index is 978. The molecule has 0 atom stereocenters. The average molecular weight is 397 g/mol. The Kier molecular flexibility index (Phi) is 5.36. The van der Waals surface area contributed by atoms with Gasteiger partial charge in [0, 0.05) is 0 Å². The molecule has 2 N–H and O–H groups in total. The van der Waals surface area contributed by atoms with Crippen molar-refractivity contribution in [2.75, 3.05) is 13.2 Å². The second kappa shape index (κ2) is 7.94. The number of nitrogens with zero attached hydrogens (tertiary/aromatic N) is 3. The molecule has 2 heterocycles. The number of hydrogen-bond donors (Lipinski definition) is 2. The number of imide groups is 1. The van der Waals surface area contributed by atoms with E-state index in [2.05, 4.69) is 15.3 Å². The monoisotopic (exact) mass is 397 g/mol. The molecule has 0 unspecified atom stereocenters. The molecule has 4 rings (SSSR count). The number of fused-ring (bicyclic) bond motifs is 1. The summed E-state index contributed by atoms with van der Waals surface area (Å²) >= 11 is 0. The molecule has 1 saturated heterocycles. The highest BCUT2D eigenvalue weighted by molar-refractivity contribution is 6.07. The van der Waals surface area contributed by atoms with E-state index in [4.69, 9.17) is 0 Å². The van der Waals surface area contributed by atoms with Crippen molar-refractivity contribution in [1.82, 2.24) is 25.1 Å².